The molecule has 1 aromatic carbocycles. The van der Waals surface area contributed by atoms with Gasteiger partial charge < -0.3 is 15.5 Å². The van der Waals surface area contributed by atoms with Crippen LogP contribution in [0.1, 0.15) is 39.6 Å². The highest BCUT2D eigenvalue weighted by molar-refractivity contribution is 5.99. The van der Waals surface area contributed by atoms with Gasteiger partial charge in [0.2, 0.25) is 5.91 Å². The molecule has 1 aliphatic heterocycles. The summed E-state index contributed by atoms with van der Waals surface area (Å²) in [5.74, 6) is 0.355. The molecule has 0 radical (unpaired) electrons. The number of hydrogen-bond donors (Lipinski definition) is 1. The Kier molecular flexibility index (Phi) is 5.51. The minimum atomic E-state index is -0.526. The third-order valence-corrected chi connectivity index (χ3v) is 4.63. The van der Waals surface area contributed by atoms with Crippen LogP contribution in [-0.2, 0) is 6.42 Å². The number of piperazine rings is 1. The number of amides is 2. The highest BCUT2D eigenvalue weighted by Crippen LogP contribution is 2.16. The number of anilines is 1. The van der Waals surface area contributed by atoms with Crippen molar-refractivity contribution in [3.8, 4) is 0 Å². The van der Waals surface area contributed by atoms with E-state index >= 15 is 0 Å². The highest BCUT2D eigenvalue weighted by atomic mass is 16.2. The zero-order valence-electron chi connectivity index (χ0n) is 15.0. The Bertz CT molecular complexity index is 781. The van der Waals surface area contributed by atoms with E-state index in [1.807, 2.05) is 11.1 Å². The van der Waals surface area contributed by atoms with E-state index in [-0.39, 0.29) is 5.91 Å². The van der Waals surface area contributed by atoms with Gasteiger partial charge in [0.1, 0.15) is 5.82 Å². The number of carbonyl (C=O) groups is 2. The molecule has 2 amide bonds. The molecule has 0 bridgehead atoms. The standard InChI is InChI=1S/C20H24N4O2/c1-2-4-15-7-8-18(22-14-15)23-9-11-24(12-10-23)20(26)17-6-3-5-16(13-17)19(21)25/h3,5-8,13-14H,2,4,9-12H2,1H3,(H2,21,25). The van der Waals surface area contributed by atoms with Gasteiger partial charge >= 0.3 is 0 Å². The molecule has 0 spiro atoms. The van der Waals surface area contributed by atoms with Gasteiger partial charge in [-0.2, -0.15) is 0 Å². The van der Waals surface area contributed by atoms with Crippen molar-refractivity contribution in [1.82, 2.24) is 9.88 Å². The molecule has 0 saturated carbocycles. The Balaban J connectivity index is 1.62. The van der Waals surface area contributed by atoms with E-state index in [2.05, 4.69) is 28.9 Å². The maximum absolute atomic E-state index is 12.7. The van der Waals surface area contributed by atoms with Gasteiger partial charge in [-0.15, -0.1) is 0 Å². The maximum atomic E-state index is 12.7. The van der Waals surface area contributed by atoms with E-state index in [1.165, 1.54) is 5.56 Å². The quantitative estimate of drug-likeness (QED) is 0.894. The predicted molar refractivity (Wildman–Crippen MR) is 101 cm³/mol. The van der Waals surface area contributed by atoms with Crippen LogP contribution in [0.3, 0.4) is 0 Å². The number of benzene rings is 1. The Morgan fingerprint density at radius 1 is 1.08 bits per heavy atom. The summed E-state index contributed by atoms with van der Waals surface area (Å²) in [6.07, 6.45) is 4.09. The van der Waals surface area contributed by atoms with Crippen molar-refractivity contribution in [3.05, 3.63) is 59.3 Å². The van der Waals surface area contributed by atoms with Crippen molar-refractivity contribution in [2.45, 2.75) is 19.8 Å². The van der Waals surface area contributed by atoms with Crippen LogP contribution in [0.25, 0.3) is 0 Å². The first kappa shape index (κ1) is 17.9. The zero-order valence-corrected chi connectivity index (χ0v) is 15.0. The molecule has 136 valence electrons. The van der Waals surface area contributed by atoms with E-state index in [4.69, 9.17) is 5.73 Å². The molecule has 2 heterocycles. The number of aryl methyl sites for hydroxylation is 1. The fraction of sp³-hybridized carbons (Fsp3) is 0.350. The van der Waals surface area contributed by atoms with Gasteiger partial charge in [0.15, 0.2) is 0 Å². The van der Waals surface area contributed by atoms with Crippen LogP contribution in [0.5, 0.6) is 0 Å². The Morgan fingerprint density at radius 3 is 2.42 bits per heavy atom. The molecule has 26 heavy (non-hydrogen) atoms. The van der Waals surface area contributed by atoms with Gasteiger partial charge in [-0.25, -0.2) is 4.98 Å². The highest BCUT2D eigenvalue weighted by Gasteiger charge is 2.23. The van der Waals surface area contributed by atoms with Crippen LogP contribution in [-0.4, -0.2) is 47.9 Å². The summed E-state index contributed by atoms with van der Waals surface area (Å²) in [6.45, 7) is 4.88. The topological polar surface area (TPSA) is 79.5 Å². The van der Waals surface area contributed by atoms with Crippen molar-refractivity contribution >= 4 is 17.6 Å². The van der Waals surface area contributed by atoms with Gasteiger partial charge in [0.25, 0.3) is 5.91 Å². The molecule has 1 aromatic heterocycles. The second-order valence-electron chi connectivity index (χ2n) is 6.50. The van der Waals surface area contributed by atoms with Crippen LogP contribution in [0.15, 0.2) is 42.6 Å². The first-order valence-electron chi connectivity index (χ1n) is 8.97. The molecule has 1 fully saturated rings. The lowest BCUT2D eigenvalue weighted by Crippen LogP contribution is -2.49. The average Bonchev–Trinajstić information content (AvgIpc) is 2.68. The maximum Gasteiger partial charge on any atom is 0.253 e. The SMILES string of the molecule is CCCc1ccc(N2CCN(C(=O)c3cccc(C(N)=O)c3)CC2)nc1. The number of nitrogens with two attached hydrogens (primary N) is 1. The van der Waals surface area contributed by atoms with E-state index < -0.39 is 5.91 Å². The van der Waals surface area contributed by atoms with Crippen LogP contribution >= 0.6 is 0 Å². The molecule has 1 saturated heterocycles. The number of aromatic nitrogens is 1. The molecule has 0 atom stereocenters. The Hall–Kier alpha value is -2.89. The summed E-state index contributed by atoms with van der Waals surface area (Å²) in [4.78, 5) is 32.5. The second kappa shape index (κ2) is 7.99. The van der Waals surface area contributed by atoms with Gasteiger partial charge in [0.05, 0.1) is 0 Å². The summed E-state index contributed by atoms with van der Waals surface area (Å²) in [6, 6.07) is 10.8. The first-order valence-corrected chi connectivity index (χ1v) is 8.97. The van der Waals surface area contributed by atoms with Gasteiger partial charge in [0, 0.05) is 43.5 Å². The summed E-state index contributed by atoms with van der Waals surface area (Å²) in [5.41, 5.74) is 7.40. The van der Waals surface area contributed by atoms with Crippen LogP contribution in [0.2, 0.25) is 0 Å². The van der Waals surface area contributed by atoms with E-state index in [0.29, 0.717) is 24.2 Å². The average molecular weight is 352 g/mol. The fourth-order valence-electron chi connectivity index (χ4n) is 3.17. The number of rotatable bonds is 5. The summed E-state index contributed by atoms with van der Waals surface area (Å²) < 4.78 is 0. The van der Waals surface area contributed by atoms with Crippen LogP contribution < -0.4 is 10.6 Å². The summed E-state index contributed by atoms with van der Waals surface area (Å²) >= 11 is 0. The molecular weight excluding hydrogens is 328 g/mol. The summed E-state index contributed by atoms with van der Waals surface area (Å²) in [7, 11) is 0. The van der Waals surface area contributed by atoms with E-state index in [9.17, 15) is 9.59 Å². The van der Waals surface area contributed by atoms with Gasteiger partial charge in [-0.3, -0.25) is 9.59 Å². The summed E-state index contributed by atoms with van der Waals surface area (Å²) in [5, 5.41) is 0. The van der Waals surface area contributed by atoms with Crippen LogP contribution in [0.4, 0.5) is 5.82 Å². The third kappa shape index (κ3) is 4.02. The van der Waals surface area contributed by atoms with Crippen molar-refractivity contribution in [1.29, 1.82) is 0 Å². The van der Waals surface area contributed by atoms with Crippen molar-refractivity contribution in [3.63, 3.8) is 0 Å². The van der Waals surface area contributed by atoms with Gasteiger partial charge in [-0.1, -0.05) is 25.5 Å². The first-order chi connectivity index (χ1) is 12.6. The molecule has 2 aromatic rings. The fourth-order valence-corrected chi connectivity index (χ4v) is 3.17. The van der Waals surface area contributed by atoms with E-state index in [1.54, 1.807) is 24.3 Å². The van der Waals surface area contributed by atoms with Gasteiger partial charge in [-0.05, 0) is 36.2 Å². The number of primary amides is 1. The van der Waals surface area contributed by atoms with Crippen molar-refractivity contribution < 1.29 is 9.59 Å². The molecule has 1 aliphatic rings. The van der Waals surface area contributed by atoms with Crippen molar-refractivity contribution in [2.24, 2.45) is 5.73 Å². The smallest absolute Gasteiger partial charge is 0.253 e. The molecule has 6 heteroatoms. The monoisotopic (exact) mass is 352 g/mol. The zero-order chi connectivity index (χ0) is 18.5. The number of hydrogen-bond acceptors (Lipinski definition) is 4. The van der Waals surface area contributed by atoms with Crippen molar-refractivity contribution in [2.75, 3.05) is 31.1 Å². The largest absolute Gasteiger partial charge is 0.366 e. The molecule has 2 N–H and O–H groups in total. The Labute approximate surface area is 153 Å². The molecule has 3 rings (SSSR count). The third-order valence-electron chi connectivity index (χ3n) is 4.63. The Morgan fingerprint density at radius 2 is 1.81 bits per heavy atom. The number of nitrogens with zero attached hydrogens (tertiary/aromatic N) is 3. The van der Waals surface area contributed by atoms with Crippen LogP contribution in [0, 0.1) is 0 Å². The number of pyridine rings is 1. The lowest BCUT2D eigenvalue weighted by Gasteiger charge is -2.35. The molecular formula is C20H24N4O2. The molecule has 0 aliphatic carbocycles. The molecule has 6 nitrogen and oxygen atoms in total. The molecule has 0 unspecified atom stereocenters. The predicted octanol–water partition coefficient (Wildman–Crippen LogP) is 2.10. The lowest BCUT2D eigenvalue weighted by atomic mass is 10.1. The minimum absolute atomic E-state index is 0.0704. The normalized spacial score (nSPS) is 14.3. The number of carbonyl (C=O) groups excluding carboxylic acids is 2. The second-order valence-corrected chi connectivity index (χ2v) is 6.50. The minimum Gasteiger partial charge on any atom is -0.366 e. The lowest BCUT2D eigenvalue weighted by molar-refractivity contribution is 0.0746. The van der Waals surface area contributed by atoms with E-state index in [0.717, 1.165) is 31.7 Å².